The zero-order valence-corrected chi connectivity index (χ0v) is 18.3. The molecule has 1 aliphatic rings. The van der Waals surface area contributed by atoms with Crippen LogP contribution in [0.2, 0.25) is 0 Å². The van der Waals surface area contributed by atoms with E-state index in [0.717, 1.165) is 21.3 Å². The van der Waals surface area contributed by atoms with Crippen LogP contribution in [0.25, 0.3) is 0 Å². The minimum Gasteiger partial charge on any atom is -0.494 e. The summed E-state index contributed by atoms with van der Waals surface area (Å²) in [5.41, 5.74) is 3.89. The Bertz CT molecular complexity index is 958. The van der Waals surface area contributed by atoms with Crippen LogP contribution >= 0.6 is 28.1 Å². The van der Waals surface area contributed by atoms with Gasteiger partial charge < -0.3 is 20.7 Å². The highest BCUT2D eigenvalue weighted by Gasteiger charge is 2.32. The second-order valence-corrected chi connectivity index (χ2v) is 7.78. The lowest BCUT2D eigenvalue weighted by molar-refractivity contribution is -0.113. The van der Waals surface area contributed by atoms with Gasteiger partial charge in [-0.15, -0.1) is 0 Å². The van der Waals surface area contributed by atoms with E-state index in [-0.39, 0.29) is 5.91 Å². The van der Waals surface area contributed by atoms with Crippen molar-refractivity contribution in [3.05, 3.63) is 69.3 Å². The monoisotopic (exact) mass is 459 g/mol. The Labute approximate surface area is 178 Å². The van der Waals surface area contributed by atoms with Crippen molar-refractivity contribution in [3.63, 3.8) is 0 Å². The fourth-order valence-corrected chi connectivity index (χ4v) is 3.81. The maximum atomic E-state index is 13.2. The van der Waals surface area contributed by atoms with Gasteiger partial charge in [0.15, 0.2) is 5.11 Å². The molecule has 0 unspecified atom stereocenters. The summed E-state index contributed by atoms with van der Waals surface area (Å²) in [7, 11) is 0. The standard InChI is InChI=1S/C21H22BrN3O2S/c1-4-27-17-10-9-14(22)11-15(17)19-18(13(3)23-21(28)25-19)20(26)24-16-8-6-5-7-12(16)2/h5-11,19H,4H2,1-3H3,(H,24,26)(H2,23,25,28)/t19-/m1/s1. The molecule has 1 heterocycles. The van der Waals surface area contributed by atoms with Gasteiger partial charge in [0.1, 0.15) is 5.75 Å². The number of hydrogen-bond donors (Lipinski definition) is 3. The van der Waals surface area contributed by atoms with Crippen molar-refractivity contribution >= 4 is 44.9 Å². The van der Waals surface area contributed by atoms with Crippen molar-refractivity contribution in [3.8, 4) is 5.75 Å². The molecular formula is C21H22BrN3O2S. The van der Waals surface area contributed by atoms with Gasteiger partial charge in [-0.3, -0.25) is 4.79 Å². The quantitative estimate of drug-likeness (QED) is 0.570. The van der Waals surface area contributed by atoms with Crippen LogP contribution in [0, 0.1) is 6.92 Å². The number of para-hydroxylation sites is 1. The fourth-order valence-electron chi connectivity index (χ4n) is 3.16. The van der Waals surface area contributed by atoms with Gasteiger partial charge in [0.25, 0.3) is 5.91 Å². The Morgan fingerprint density at radius 2 is 2.00 bits per heavy atom. The predicted molar refractivity (Wildman–Crippen MR) is 119 cm³/mol. The van der Waals surface area contributed by atoms with E-state index in [1.807, 2.05) is 63.2 Å². The van der Waals surface area contributed by atoms with Gasteiger partial charge in [-0.25, -0.2) is 0 Å². The molecule has 0 bridgehead atoms. The summed E-state index contributed by atoms with van der Waals surface area (Å²) in [6.45, 7) is 6.27. The molecule has 0 radical (unpaired) electrons. The second-order valence-electron chi connectivity index (χ2n) is 6.45. The molecule has 1 atom stereocenters. The Hall–Kier alpha value is -2.38. The minimum absolute atomic E-state index is 0.193. The number of carbonyl (C=O) groups is 1. The summed E-state index contributed by atoms with van der Waals surface area (Å²) >= 11 is 8.87. The first-order valence-corrected chi connectivity index (χ1v) is 10.2. The van der Waals surface area contributed by atoms with Crippen LogP contribution in [0.15, 0.2) is 58.2 Å². The summed E-state index contributed by atoms with van der Waals surface area (Å²) in [6, 6.07) is 13.0. The third-order valence-corrected chi connectivity index (χ3v) is 5.20. The first-order valence-electron chi connectivity index (χ1n) is 8.98. The maximum absolute atomic E-state index is 13.2. The number of carbonyl (C=O) groups excluding carboxylic acids is 1. The van der Waals surface area contributed by atoms with E-state index in [1.165, 1.54) is 0 Å². The molecule has 146 valence electrons. The lowest BCUT2D eigenvalue weighted by atomic mass is 9.94. The van der Waals surface area contributed by atoms with Crippen LogP contribution in [-0.4, -0.2) is 17.6 Å². The Kier molecular flexibility index (Phi) is 6.36. The van der Waals surface area contributed by atoms with E-state index in [1.54, 1.807) is 0 Å². The summed E-state index contributed by atoms with van der Waals surface area (Å²) < 4.78 is 6.70. The van der Waals surface area contributed by atoms with Gasteiger partial charge in [0, 0.05) is 21.4 Å². The van der Waals surface area contributed by atoms with Gasteiger partial charge in [-0.2, -0.15) is 0 Å². The topological polar surface area (TPSA) is 62.4 Å². The number of hydrogen-bond acceptors (Lipinski definition) is 3. The Balaban J connectivity index is 2.03. The zero-order chi connectivity index (χ0) is 20.3. The number of ether oxygens (including phenoxy) is 1. The average Bonchev–Trinajstić information content (AvgIpc) is 2.64. The first-order chi connectivity index (χ1) is 13.4. The van der Waals surface area contributed by atoms with Crippen molar-refractivity contribution in [2.75, 3.05) is 11.9 Å². The van der Waals surface area contributed by atoms with Crippen LogP contribution in [0.5, 0.6) is 5.75 Å². The van der Waals surface area contributed by atoms with Crippen LogP contribution in [0.1, 0.15) is 31.0 Å². The van der Waals surface area contributed by atoms with Gasteiger partial charge in [-0.05, 0) is 62.8 Å². The fraction of sp³-hybridized carbons (Fsp3) is 0.238. The second kappa shape index (κ2) is 8.75. The molecule has 28 heavy (non-hydrogen) atoms. The highest BCUT2D eigenvalue weighted by Crippen LogP contribution is 2.35. The number of halogens is 1. The number of nitrogens with one attached hydrogen (secondary N) is 3. The van der Waals surface area contributed by atoms with Crippen molar-refractivity contribution < 1.29 is 9.53 Å². The molecule has 5 nitrogen and oxygen atoms in total. The summed E-state index contributed by atoms with van der Waals surface area (Å²) in [5, 5.41) is 9.77. The number of rotatable bonds is 5. The highest BCUT2D eigenvalue weighted by molar-refractivity contribution is 9.10. The van der Waals surface area contributed by atoms with E-state index in [9.17, 15) is 4.79 Å². The SMILES string of the molecule is CCOc1ccc(Br)cc1[C@H]1NC(=S)NC(C)=C1C(=O)Nc1ccccc1C. The van der Waals surface area contributed by atoms with Gasteiger partial charge in [-0.1, -0.05) is 34.1 Å². The molecule has 7 heteroatoms. The maximum Gasteiger partial charge on any atom is 0.255 e. The van der Waals surface area contributed by atoms with Crippen molar-refractivity contribution in [2.45, 2.75) is 26.8 Å². The van der Waals surface area contributed by atoms with Crippen LogP contribution in [0.4, 0.5) is 5.69 Å². The minimum atomic E-state index is -0.434. The number of allylic oxidation sites excluding steroid dienone is 1. The molecule has 3 N–H and O–H groups in total. The van der Waals surface area contributed by atoms with Crippen molar-refractivity contribution in [1.82, 2.24) is 10.6 Å². The van der Waals surface area contributed by atoms with Crippen LogP contribution < -0.4 is 20.7 Å². The zero-order valence-electron chi connectivity index (χ0n) is 15.9. The molecule has 0 aromatic heterocycles. The van der Waals surface area contributed by atoms with Gasteiger partial charge >= 0.3 is 0 Å². The molecule has 1 amide bonds. The van der Waals surface area contributed by atoms with Gasteiger partial charge in [0.2, 0.25) is 0 Å². The third kappa shape index (κ3) is 4.36. The largest absolute Gasteiger partial charge is 0.494 e. The molecule has 0 saturated heterocycles. The number of aryl methyl sites for hydroxylation is 1. The smallest absolute Gasteiger partial charge is 0.255 e. The lowest BCUT2D eigenvalue weighted by Crippen LogP contribution is -2.45. The Morgan fingerprint density at radius 1 is 1.25 bits per heavy atom. The number of thiocarbonyl (C=S) groups is 1. The van der Waals surface area contributed by atoms with Crippen LogP contribution in [0.3, 0.4) is 0 Å². The van der Waals surface area contributed by atoms with Crippen molar-refractivity contribution in [1.29, 1.82) is 0 Å². The van der Waals surface area contributed by atoms with Crippen molar-refractivity contribution in [2.24, 2.45) is 0 Å². The normalized spacial score (nSPS) is 16.3. The molecule has 0 saturated carbocycles. The number of benzene rings is 2. The molecule has 0 spiro atoms. The van der Waals surface area contributed by atoms with Crippen LogP contribution in [-0.2, 0) is 4.79 Å². The van der Waals surface area contributed by atoms with E-state index in [0.29, 0.717) is 28.7 Å². The predicted octanol–water partition coefficient (Wildman–Crippen LogP) is 4.59. The first kappa shape index (κ1) is 20.4. The molecule has 1 aliphatic heterocycles. The van der Waals surface area contributed by atoms with E-state index >= 15 is 0 Å². The number of amides is 1. The van der Waals surface area contributed by atoms with Gasteiger partial charge in [0.05, 0.1) is 18.2 Å². The highest BCUT2D eigenvalue weighted by atomic mass is 79.9. The molecule has 0 aliphatic carbocycles. The molecule has 0 fully saturated rings. The van der Waals surface area contributed by atoms with E-state index in [2.05, 4.69) is 31.9 Å². The molecule has 2 aromatic carbocycles. The van der Waals surface area contributed by atoms with E-state index < -0.39 is 6.04 Å². The third-order valence-electron chi connectivity index (χ3n) is 4.49. The lowest BCUT2D eigenvalue weighted by Gasteiger charge is -2.31. The molecular weight excluding hydrogens is 438 g/mol. The summed E-state index contributed by atoms with van der Waals surface area (Å²) in [6.07, 6.45) is 0. The number of anilines is 1. The summed E-state index contributed by atoms with van der Waals surface area (Å²) in [4.78, 5) is 13.2. The molecule has 2 aromatic rings. The van der Waals surface area contributed by atoms with E-state index in [4.69, 9.17) is 17.0 Å². The molecule has 3 rings (SSSR count). The Morgan fingerprint density at radius 3 is 2.71 bits per heavy atom. The average molecular weight is 460 g/mol. The summed E-state index contributed by atoms with van der Waals surface area (Å²) in [5.74, 6) is 0.517.